The van der Waals surface area contributed by atoms with Gasteiger partial charge in [-0.15, -0.1) is 0 Å². The molecule has 0 aliphatic carbocycles. The zero-order valence-corrected chi connectivity index (χ0v) is 23.8. The van der Waals surface area contributed by atoms with E-state index in [1.807, 2.05) is 0 Å². The van der Waals surface area contributed by atoms with Gasteiger partial charge in [0.05, 0.1) is 36.8 Å². The van der Waals surface area contributed by atoms with Gasteiger partial charge < -0.3 is 20.7 Å². The molecule has 0 spiro atoms. The summed E-state index contributed by atoms with van der Waals surface area (Å²) >= 11 is 12.3. The van der Waals surface area contributed by atoms with E-state index in [1.54, 1.807) is 31.2 Å². The van der Waals surface area contributed by atoms with Crippen molar-refractivity contribution in [3.05, 3.63) is 107 Å². The molecule has 4 aromatic carbocycles. The van der Waals surface area contributed by atoms with Crippen molar-refractivity contribution in [2.75, 3.05) is 16.0 Å². The van der Waals surface area contributed by atoms with Crippen molar-refractivity contribution >= 4 is 68.0 Å². The Morgan fingerprint density at radius 2 is 1.27 bits per heavy atom. The summed E-state index contributed by atoms with van der Waals surface area (Å²) in [5.74, 6) is -1.36. The van der Waals surface area contributed by atoms with E-state index >= 15 is 0 Å². The average molecular weight is 612 g/mol. The van der Waals surface area contributed by atoms with Crippen LogP contribution in [0.25, 0.3) is 0 Å². The van der Waals surface area contributed by atoms with Crippen LogP contribution < -0.4 is 20.7 Å². The van der Waals surface area contributed by atoms with Crippen LogP contribution in [0.5, 0.6) is 5.75 Å². The summed E-state index contributed by atoms with van der Waals surface area (Å²) in [7, 11) is -3.72. The topological polar surface area (TPSA) is 131 Å². The normalized spacial score (nSPS) is 10.9. The summed E-state index contributed by atoms with van der Waals surface area (Å²) in [4.78, 5) is 38.2. The first-order chi connectivity index (χ1) is 19.6. The Hall–Kier alpha value is -4.38. The van der Waals surface area contributed by atoms with Crippen LogP contribution in [-0.2, 0) is 14.6 Å². The van der Waals surface area contributed by atoms with E-state index in [0.29, 0.717) is 5.69 Å². The lowest BCUT2D eigenvalue weighted by Gasteiger charge is -2.17. The molecule has 0 atom stereocenters. The fraction of sp³-hybridized carbons (Fsp3) is 0.0690. The Balaban J connectivity index is 1.54. The molecule has 0 saturated heterocycles. The number of rotatable bonds is 8. The van der Waals surface area contributed by atoms with Crippen molar-refractivity contribution in [3.63, 3.8) is 0 Å². The number of amides is 3. The van der Waals surface area contributed by atoms with Crippen LogP contribution in [0.1, 0.15) is 23.7 Å². The van der Waals surface area contributed by atoms with Gasteiger partial charge in [-0.25, -0.2) is 13.2 Å². The molecule has 0 radical (unpaired) electrons. The molecule has 41 heavy (non-hydrogen) atoms. The van der Waals surface area contributed by atoms with Crippen LogP contribution in [0.3, 0.4) is 0 Å². The number of sulfone groups is 1. The fourth-order valence-electron chi connectivity index (χ4n) is 3.67. The second kappa shape index (κ2) is 12.9. The van der Waals surface area contributed by atoms with Gasteiger partial charge >= 0.3 is 12.0 Å². The monoisotopic (exact) mass is 611 g/mol. The molecule has 3 amide bonds. The van der Waals surface area contributed by atoms with E-state index in [4.69, 9.17) is 27.9 Å². The van der Waals surface area contributed by atoms with Crippen LogP contribution in [0, 0.1) is 0 Å². The summed E-state index contributed by atoms with van der Waals surface area (Å²) in [6.45, 7) is 1.59. The van der Waals surface area contributed by atoms with Crippen molar-refractivity contribution in [3.8, 4) is 5.75 Å². The molecule has 3 N–H and O–H groups in total. The van der Waals surface area contributed by atoms with E-state index in [9.17, 15) is 22.8 Å². The third kappa shape index (κ3) is 7.04. The van der Waals surface area contributed by atoms with Crippen molar-refractivity contribution < 1.29 is 27.5 Å². The van der Waals surface area contributed by atoms with Crippen molar-refractivity contribution in [1.29, 1.82) is 0 Å². The Morgan fingerprint density at radius 1 is 0.707 bits per heavy atom. The molecule has 210 valence electrons. The number of benzene rings is 4. The van der Waals surface area contributed by atoms with Crippen LogP contribution >= 0.6 is 23.2 Å². The molecular formula is C29H23Cl2N3O6S. The van der Waals surface area contributed by atoms with E-state index in [2.05, 4.69) is 16.0 Å². The lowest BCUT2D eigenvalue weighted by atomic mass is 10.2. The van der Waals surface area contributed by atoms with E-state index in [-0.39, 0.29) is 48.9 Å². The quantitative estimate of drug-likeness (QED) is 0.145. The standard InChI is InChI=1S/C29H23Cl2N3O6S/c1-2-25(35)40-27-23(33-28(36)26-21(30)10-6-11-22(26)31)12-7-13-24(27)34-29(37)32-18-14-16-20(17-15-18)41(38,39)19-8-4-3-5-9-19/h3-17H,2H2,1H3,(H,33,36)(H2,32,34,37). The number of carbonyl (C=O) groups is 3. The summed E-state index contributed by atoms with van der Waals surface area (Å²) in [5, 5.41) is 8.05. The highest BCUT2D eigenvalue weighted by molar-refractivity contribution is 7.91. The third-order valence-electron chi connectivity index (χ3n) is 5.68. The highest BCUT2D eigenvalue weighted by atomic mass is 35.5. The minimum atomic E-state index is -3.72. The van der Waals surface area contributed by atoms with E-state index in [0.717, 1.165) is 0 Å². The summed E-state index contributed by atoms with van der Waals surface area (Å²) < 4.78 is 31.1. The molecular weight excluding hydrogens is 589 g/mol. The molecule has 0 aliphatic heterocycles. The lowest BCUT2D eigenvalue weighted by molar-refractivity contribution is -0.133. The minimum absolute atomic E-state index is 0.0254. The first-order valence-electron chi connectivity index (χ1n) is 12.2. The van der Waals surface area contributed by atoms with Gasteiger partial charge in [0.1, 0.15) is 0 Å². The largest absolute Gasteiger partial charge is 0.422 e. The number of nitrogens with one attached hydrogen (secondary N) is 3. The Morgan fingerprint density at radius 3 is 1.88 bits per heavy atom. The van der Waals surface area contributed by atoms with Crippen molar-refractivity contribution in [1.82, 2.24) is 0 Å². The molecule has 0 aromatic heterocycles. The maximum absolute atomic E-state index is 13.0. The molecule has 0 saturated carbocycles. The van der Waals surface area contributed by atoms with Crippen LogP contribution in [0.2, 0.25) is 10.0 Å². The Labute approximate surface area is 246 Å². The number of esters is 1. The molecule has 0 unspecified atom stereocenters. The predicted octanol–water partition coefficient (Wildman–Crippen LogP) is 7.04. The first kappa shape index (κ1) is 29.6. The molecule has 0 heterocycles. The summed E-state index contributed by atoms with van der Waals surface area (Å²) in [6, 6.07) is 22.0. The molecule has 4 aromatic rings. The number of hydrogen-bond donors (Lipinski definition) is 3. The van der Waals surface area contributed by atoms with Gasteiger partial charge in [0.15, 0.2) is 5.75 Å². The number of hydrogen-bond acceptors (Lipinski definition) is 6. The molecule has 12 heteroatoms. The van der Waals surface area contributed by atoms with Gasteiger partial charge in [-0.2, -0.15) is 0 Å². The first-order valence-corrected chi connectivity index (χ1v) is 14.4. The van der Waals surface area contributed by atoms with Gasteiger partial charge in [-0.05, 0) is 60.7 Å². The highest BCUT2D eigenvalue weighted by Crippen LogP contribution is 2.35. The van der Waals surface area contributed by atoms with Gasteiger partial charge in [0.2, 0.25) is 9.84 Å². The molecule has 0 fully saturated rings. The maximum atomic E-state index is 13.0. The average Bonchev–Trinajstić information content (AvgIpc) is 2.95. The fourth-order valence-corrected chi connectivity index (χ4v) is 5.52. The maximum Gasteiger partial charge on any atom is 0.323 e. The van der Waals surface area contributed by atoms with Crippen LogP contribution in [0.4, 0.5) is 21.9 Å². The second-order valence-electron chi connectivity index (χ2n) is 8.48. The summed E-state index contributed by atoms with van der Waals surface area (Å²) in [6.07, 6.45) is 0.0303. The minimum Gasteiger partial charge on any atom is -0.422 e. The smallest absolute Gasteiger partial charge is 0.323 e. The SMILES string of the molecule is CCC(=O)Oc1c(NC(=O)Nc2ccc(S(=O)(=O)c3ccccc3)cc2)cccc1NC(=O)c1c(Cl)cccc1Cl. The number of urea groups is 1. The molecule has 4 rings (SSSR count). The van der Waals surface area contributed by atoms with Crippen LogP contribution in [0.15, 0.2) is 101 Å². The zero-order valence-electron chi connectivity index (χ0n) is 21.5. The Kier molecular flexibility index (Phi) is 9.28. The number of para-hydroxylation sites is 1. The number of halogens is 2. The molecule has 0 aliphatic rings. The van der Waals surface area contributed by atoms with Crippen LogP contribution in [-0.4, -0.2) is 26.3 Å². The van der Waals surface area contributed by atoms with Gasteiger partial charge in [-0.1, -0.05) is 60.5 Å². The molecule has 9 nitrogen and oxygen atoms in total. The van der Waals surface area contributed by atoms with E-state index in [1.165, 1.54) is 66.7 Å². The number of ether oxygens (including phenoxy) is 1. The second-order valence-corrected chi connectivity index (χ2v) is 11.2. The van der Waals surface area contributed by atoms with Gasteiger partial charge in [0.25, 0.3) is 5.91 Å². The third-order valence-corrected chi connectivity index (χ3v) is 8.10. The molecule has 0 bridgehead atoms. The van der Waals surface area contributed by atoms with Gasteiger partial charge in [0, 0.05) is 12.1 Å². The summed E-state index contributed by atoms with van der Waals surface area (Å²) in [5.41, 5.74) is 0.494. The van der Waals surface area contributed by atoms with Gasteiger partial charge in [-0.3, -0.25) is 9.59 Å². The zero-order chi connectivity index (χ0) is 29.6. The van der Waals surface area contributed by atoms with Crippen molar-refractivity contribution in [2.24, 2.45) is 0 Å². The Bertz CT molecular complexity index is 1690. The van der Waals surface area contributed by atoms with E-state index < -0.39 is 27.7 Å². The van der Waals surface area contributed by atoms with Crippen molar-refractivity contribution in [2.45, 2.75) is 23.1 Å². The number of anilines is 3. The number of carbonyl (C=O) groups excluding carboxylic acids is 3. The predicted molar refractivity (Wildman–Crippen MR) is 158 cm³/mol. The lowest BCUT2D eigenvalue weighted by Crippen LogP contribution is -2.21. The highest BCUT2D eigenvalue weighted by Gasteiger charge is 2.21.